The number of carboxylic acids is 1. The molecule has 3 rings (SSSR count). The lowest BCUT2D eigenvalue weighted by molar-refractivity contribution is -0.0114. The van der Waals surface area contributed by atoms with Crippen molar-refractivity contribution < 1.29 is 23.1 Å². The third-order valence-corrected chi connectivity index (χ3v) is 6.34. The van der Waals surface area contributed by atoms with E-state index in [-0.39, 0.29) is 22.7 Å². The predicted molar refractivity (Wildman–Crippen MR) is 77.8 cm³/mol. The van der Waals surface area contributed by atoms with Crippen LogP contribution in [0.1, 0.15) is 23.2 Å². The first-order chi connectivity index (χ1) is 9.88. The highest BCUT2D eigenvalue weighted by Gasteiger charge is 2.39. The molecule has 21 heavy (non-hydrogen) atoms. The fourth-order valence-electron chi connectivity index (χ4n) is 2.75. The van der Waals surface area contributed by atoms with Crippen LogP contribution in [0.25, 0.3) is 0 Å². The van der Waals surface area contributed by atoms with Crippen LogP contribution in [0.15, 0.2) is 27.6 Å². The molecule has 2 unspecified atom stereocenters. The number of ether oxygens (including phenoxy) is 1. The number of benzene rings is 1. The van der Waals surface area contributed by atoms with Crippen LogP contribution in [-0.4, -0.2) is 49.1 Å². The third-order valence-electron chi connectivity index (χ3n) is 3.82. The molecule has 1 aromatic rings. The van der Waals surface area contributed by atoms with E-state index in [1.165, 1.54) is 22.5 Å². The Hall–Kier alpha value is -0.960. The highest BCUT2D eigenvalue weighted by molar-refractivity contribution is 9.10. The van der Waals surface area contributed by atoms with Crippen LogP contribution in [0.4, 0.5) is 0 Å². The number of fused-ring (bicyclic) bond motifs is 2. The Labute approximate surface area is 130 Å². The molecule has 114 valence electrons. The van der Waals surface area contributed by atoms with Gasteiger partial charge in [-0.3, -0.25) is 0 Å². The summed E-state index contributed by atoms with van der Waals surface area (Å²) in [5.41, 5.74) is -0.0627. The standard InChI is InChI=1S/C13H14BrNO5S/c14-12-4-3-10(5-11(12)13(16)17)21(18,19)15-6-8-1-2-9(7-15)20-8/h3-5,8-9H,1-2,6-7H2,(H,16,17). The van der Waals surface area contributed by atoms with Gasteiger partial charge in [0.25, 0.3) is 0 Å². The summed E-state index contributed by atoms with van der Waals surface area (Å²) in [6, 6.07) is 4.06. The van der Waals surface area contributed by atoms with Crippen molar-refractivity contribution in [3.63, 3.8) is 0 Å². The summed E-state index contributed by atoms with van der Waals surface area (Å²) in [6.07, 6.45) is 1.65. The molecular weight excluding hydrogens is 362 g/mol. The summed E-state index contributed by atoms with van der Waals surface area (Å²) in [6.45, 7) is 0.661. The molecule has 2 heterocycles. The van der Waals surface area contributed by atoms with Crippen molar-refractivity contribution >= 4 is 31.9 Å². The summed E-state index contributed by atoms with van der Waals surface area (Å²) < 4.78 is 32.7. The van der Waals surface area contributed by atoms with E-state index in [2.05, 4.69) is 15.9 Å². The fraction of sp³-hybridized carbons (Fsp3) is 0.462. The minimum atomic E-state index is -3.69. The van der Waals surface area contributed by atoms with Crippen LogP contribution in [0.3, 0.4) is 0 Å². The molecule has 0 aliphatic carbocycles. The van der Waals surface area contributed by atoms with E-state index in [0.29, 0.717) is 17.6 Å². The van der Waals surface area contributed by atoms with E-state index < -0.39 is 16.0 Å². The second kappa shape index (κ2) is 5.35. The zero-order valence-corrected chi connectivity index (χ0v) is 13.4. The normalized spacial score (nSPS) is 26.0. The number of aromatic carboxylic acids is 1. The first-order valence-electron chi connectivity index (χ1n) is 6.56. The molecule has 2 bridgehead atoms. The van der Waals surface area contributed by atoms with E-state index in [4.69, 9.17) is 9.84 Å². The molecule has 2 atom stereocenters. The minimum Gasteiger partial charge on any atom is -0.478 e. The van der Waals surface area contributed by atoms with Crippen LogP contribution < -0.4 is 0 Å². The van der Waals surface area contributed by atoms with Gasteiger partial charge < -0.3 is 9.84 Å². The molecule has 6 nitrogen and oxygen atoms in total. The zero-order valence-electron chi connectivity index (χ0n) is 11.0. The van der Waals surface area contributed by atoms with Crippen LogP contribution in [0, 0.1) is 0 Å². The molecule has 1 N–H and O–H groups in total. The number of carboxylic acid groups (broad SMARTS) is 1. The van der Waals surface area contributed by atoms with Crippen molar-refractivity contribution in [1.82, 2.24) is 4.31 Å². The Bertz CT molecular complexity index is 678. The molecule has 2 aliphatic heterocycles. The Kier molecular flexibility index (Phi) is 3.81. The average molecular weight is 376 g/mol. The van der Waals surface area contributed by atoms with Crippen LogP contribution in [-0.2, 0) is 14.8 Å². The SMILES string of the molecule is O=C(O)c1cc(S(=O)(=O)N2CC3CCC(C2)O3)ccc1Br. The molecule has 2 fully saturated rings. The number of carbonyl (C=O) groups is 1. The van der Waals surface area contributed by atoms with Crippen molar-refractivity contribution in [2.45, 2.75) is 29.9 Å². The number of hydrogen-bond donors (Lipinski definition) is 1. The molecule has 0 amide bonds. The smallest absolute Gasteiger partial charge is 0.336 e. The number of sulfonamides is 1. The van der Waals surface area contributed by atoms with Crippen LogP contribution in [0.2, 0.25) is 0 Å². The fourth-order valence-corrected chi connectivity index (χ4v) is 4.70. The second-order valence-electron chi connectivity index (χ2n) is 5.23. The van der Waals surface area contributed by atoms with Crippen molar-refractivity contribution in [1.29, 1.82) is 0 Å². The number of morpholine rings is 1. The molecule has 0 spiro atoms. The Morgan fingerprint density at radius 2 is 1.90 bits per heavy atom. The van der Waals surface area contributed by atoms with E-state index in [9.17, 15) is 13.2 Å². The summed E-state index contributed by atoms with van der Waals surface area (Å²) in [7, 11) is -3.69. The van der Waals surface area contributed by atoms with Gasteiger partial charge in [-0.15, -0.1) is 0 Å². The summed E-state index contributed by atoms with van der Waals surface area (Å²) in [4.78, 5) is 11.1. The summed E-state index contributed by atoms with van der Waals surface area (Å²) in [5, 5.41) is 9.10. The largest absolute Gasteiger partial charge is 0.478 e. The van der Waals surface area contributed by atoms with Gasteiger partial charge in [-0.2, -0.15) is 4.31 Å². The molecule has 1 aromatic carbocycles. The highest BCUT2D eigenvalue weighted by Crippen LogP contribution is 2.31. The summed E-state index contributed by atoms with van der Waals surface area (Å²) >= 11 is 3.11. The molecule has 8 heteroatoms. The summed E-state index contributed by atoms with van der Waals surface area (Å²) in [5.74, 6) is -1.17. The van der Waals surface area contributed by atoms with Gasteiger partial charge in [0.15, 0.2) is 0 Å². The van der Waals surface area contributed by atoms with Crippen molar-refractivity contribution in [3.8, 4) is 0 Å². The molecule has 0 aromatic heterocycles. The van der Waals surface area contributed by atoms with Crippen molar-refractivity contribution in [3.05, 3.63) is 28.2 Å². The maximum atomic E-state index is 12.7. The van der Waals surface area contributed by atoms with Gasteiger partial charge in [-0.05, 0) is 47.0 Å². The van der Waals surface area contributed by atoms with Gasteiger partial charge in [0.1, 0.15) is 0 Å². The molecular formula is C13H14BrNO5S. The van der Waals surface area contributed by atoms with Gasteiger partial charge in [0.2, 0.25) is 10.0 Å². The Morgan fingerprint density at radius 3 is 2.48 bits per heavy atom. The Balaban J connectivity index is 1.95. The topological polar surface area (TPSA) is 83.9 Å². The lowest BCUT2D eigenvalue weighted by atomic mass is 10.2. The van der Waals surface area contributed by atoms with Crippen molar-refractivity contribution in [2.24, 2.45) is 0 Å². The maximum absolute atomic E-state index is 12.7. The highest BCUT2D eigenvalue weighted by atomic mass is 79.9. The quantitative estimate of drug-likeness (QED) is 0.868. The van der Waals surface area contributed by atoms with E-state index >= 15 is 0 Å². The second-order valence-corrected chi connectivity index (χ2v) is 8.02. The first-order valence-corrected chi connectivity index (χ1v) is 8.79. The monoisotopic (exact) mass is 375 g/mol. The van der Waals surface area contributed by atoms with E-state index in [1.807, 2.05) is 0 Å². The van der Waals surface area contributed by atoms with E-state index in [0.717, 1.165) is 12.8 Å². The number of rotatable bonds is 3. The average Bonchev–Trinajstić information content (AvgIpc) is 2.77. The van der Waals surface area contributed by atoms with Crippen molar-refractivity contribution in [2.75, 3.05) is 13.1 Å². The molecule has 2 aliphatic rings. The number of hydrogen-bond acceptors (Lipinski definition) is 4. The zero-order chi connectivity index (χ0) is 15.2. The lowest BCUT2D eigenvalue weighted by Crippen LogP contribution is -2.45. The number of nitrogens with zero attached hydrogens (tertiary/aromatic N) is 1. The van der Waals surface area contributed by atoms with Gasteiger partial charge in [0.05, 0.1) is 22.7 Å². The van der Waals surface area contributed by atoms with Crippen LogP contribution >= 0.6 is 15.9 Å². The number of halogens is 1. The molecule has 0 saturated carbocycles. The first kappa shape index (κ1) is 15.0. The van der Waals surface area contributed by atoms with Gasteiger partial charge >= 0.3 is 5.97 Å². The lowest BCUT2D eigenvalue weighted by Gasteiger charge is -2.31. The minimum absolute atomic E-state index is 0.00407. The Morgan fingerprint density at radius 1 is 1.29 bits per heavy atom. The van der Waals surface area contributed by atoms with Gasteiger partial charge in [0, 0.05) is 17.6 Å². The molecule has 2 saturated heterocycles. The van der Waals surface area contributed by atoms with Gasteiger partial charge in [-0.25, -0.2) is 13.2 Å². The van der Waals surface area contributed by atoms with Crippen LogP contribution in [0.5, 0.6) is 0 Å². The van der Waals surface area contributed by atoms with Gasteiger partial charge in [-0.1, -0.05) is 0 Å². The maximum Gasteiger partial charge on any atom is 0.336 e. The molecule has 0 radical (unpaired) electrons. The van der Waals surface area contributed by atoms with E-state index in [1.54, 1.807) is 0 Å². The predicted octanol–water partition coefficient (Wildman–Crippen LogP) is 1.70. The third kappa shape index (κ3) is 2.73.